The minimum absolute atomic E-state index is 0.105. The Labute approximate surface area is 212 Å². The zero-order valence-electron chi connectivity index (χ0n) is 20.6. The summed E-state index contributed by atoms with van der Waals surface area (Å²) in [5, 5.41) is 15.3. The third-order valence-electron chi connectivity index (χ3n) is 6.49. The summed E-state index contributed by atoms with van der Waals surface area (Å²) < 4.78 is 19.7. The Bertz CT molecular complexity index is 1360. The molecule has 1 fully saturated rings. The summed E-state index contributed by atoms with van der Waals surface area (Å²) in [5.41, 5.74) is 8.52. The molecule has 2 heterocycles. The first-order valence-electron chi connectivity index (χ1n) is 11.8. The van der Waals surface area contributed by atoms with Gasteiger partial charge in [-0.3, -0.25) is 14.3 Å². The maximum Gasteiger partial charge on any atom is 0.330 e. The highest BCUT2D eigenvalue weighted by atomic mass is 16.6. The van der Waals surface area contributed by atoms with Crippen LogP contribution in [0.25, 0.3) is 10.4 Å². The van der Waals surface area contributed by atoms with Gasteiger partial charge in [-0.05, 0) is 23.6 Å². The molecule has 37 heavy (non-hydrogen) atoms. The lowest BCUT2D eigenvalue weighted by Crippen LogP contribution is -2.55. The summed E-state index contributed by atoms with van der Waals surface area (Å²) in [4.78, 5) is 29.8. The number of aromatic amines is 1. The van der Waals surface area contributed by atoms with Crippen molar-refractivity contribution in [2.24, 2.45) is 5.11 Å². The second-order valence-corrected chi connectivity index (χ2v) is 9.01. The van der Waals surface area contributed by atoms with Crippen molar-refractivity contribution < 1.29 is 19.3 Å². The van der Waals surface area contributed by atoms with Gasteiger partial charge in [-0.15, -0.1) is 0 Å². The number of aryl methyl sites for hydroxylation is 1. The predicted molar refractivity (Wildman–Crippen MR) is 135 cm³/mol. The van der Waals surface area contributed by atoms with Gasteiger partial charge in [0.15, 0.2) is 6.23 Å². The Kier molecular flexibility index (Phi) is 8.22. The number of H-pyrrole nitrogens is 1. The number of ether oxygens (including phenoxy) is 3. The van der Waals surface area contributed by atoms with Crippen LogP contribution >= 0.6 is 0 Å². The van der Waals surface area contributed by atoms with Crippen molar-refractivity contribution in [3.8, 4) is 0 Å². The molecule has 0 spiro atoms. The second kappa shape index (κ2) is 11.5. The predicted octanol–water partition coefficient (Wildman–Crippen LogP) is 2.97. The monoisotopic (exact) mass is 507 g/mol. The molecule has 3 aromatic rings. The molecule has 5 atom stereocenters. The van der Waals surface area contributed by atoms with Crippen LogP contribution in [-0.4, -0.2) is 45.1 Å². The van der Waals surface area contributed by atoms with E-state index in [1.54, 1.807) is 6.92 Å². The number of hydrogen-bond donors (Lipinski definition) is 2. The highest BCUT2D eigenvalue weighted by molar-refractivity contribution is 5.16. The summed E-state index contributed by atoms with van der Waals surface area (Å²) >= 11 is 0. The fourth-order valence-electron chi connectivity index (χ4n) is 4.45. The Morgan fingerprint density at radius 3 is 2.38 bits per heavy atom. The molecule has 0 saturated carbocycles. The summed E-state index contributed by atoms with van der Waals surface area (Å²) in [7, 11) is 0. The van der Waals surface area contributed by atoms with Crippen molar-refractivity contribution in [3.63, 3.8) is 0 Å². The minimum Gasteiger partial charge on any atom is -0.386 e. The van der Waals surface area contributed by atoms with Crippen LogP contribution in [0.2, 0.25) is 0 Å². The van der Waals surface area contributed by atoms with Gasteiger partial charge < -0.3 is 19.3 Å². The molecule has 0 amide bonds. The van der Waals surface area contributed by atoms with Crippen LogP contribution in [0.5, 0.6) is 0 Å². The number of azide groups is 1. The van der Waals surface area contributed by atoms with Crippen molar-refractivity contribution in [1.82, 2.24) is 9.55 Å². The highest BCUT2D eigenvalue weighted by Gasteiger charge is 2.59. The molecule has 11 heteroatoms. The number of benzene rings is 2. The van der Waals surface area contributed by atoms with Gasteiger partial charge in [-0.1, -0.05) is 72.7 Å². The van der Waals surface area contributed by atoms with Crippen LogP contribution in [0.3, 0.4) is 0 Å². The molecule has 1 aliphatic rings. The van der Waals surface area contributed by atoms with Crippen molar-refractivity contribution in [1.29, 1.82) is 0 Å². The first-order valence-corrected chi connectivity index (χ1v) is 11.8. The molecule has 2 N–H and O–H groups in total. The third-order valence-corrected chi connectivity index (χ3v) is 6.49. The number of rotatable bonds is 10. The summed E-state index contributed by atoms with van der Waals surface area (Å²) in [6.07, 6.45) is -2.32. The van der Waals surface area contributed by atoms with Crippen LogP contribution in [0.1, 0.15) is 29.8 Å². The maximum atomic E-state index is 12.7. The summed E-state index contributed by atoms with van der Waals surface area (Å²) in [5.74, 6) is 0. The summed E-state index contributed by atoms with van der Waals surface area (Å²) in [6, 6.07) is 18.0. The molecule has 0 aliphatic carbocycles. The topological polar surface area (TPSA) is 152 Å². The van der Waals surface area contributed by atoms with Gasteiger partial charge in [0.2, 0.25) is 0 Å². The van der Waals surface area contributed by atoms with Gasteiger partial charge in [0.05, 0.1) is 25.9 Å². The highest BCUT2D eigenvalue weighted by Crippen LogP contribution is 2.42. The molecule has 0 radical (unpaired) electrons. The number of nitrogens with one attached hydrogen (secondary N) is 1. The van der Waals surface area contributed by atoms with E-state index in [1.165, 1.54) is 13.1 Å². The molecule has 1 unspecified atom stereocenters. The molecule has 0 bridgehead atoms. The standard InChI is InChI=1S/C26H29N5O6/c1-17-13-31(25(34)28-23(17)33)24-21(32)22(36-15-20-11-7-4-8-12-20)26(37-24,18(2)29-30-27)16-35-14-19-9-5-3-6-10-19/h3-13,18,21-22,24,32H,14-16H2,1-2H3,(H,28,33,34)/t18?,21-,22+,24-,26+/m1/s1. The summed E-state index contributed by atoms with van der Waals surface area (Å²) in [6.45, 7) is 3.44. The van der Waals surface area contributed by atoms with Gasteiger partial charge in [0.1, 0.15) is 17.8 Å². The number of nitrogens with zero attached hydrogens (tertiary/aromatic N) is 4. The van der Waals surface area contributed by atoms with E-state index in [9.17, 15) is 20.2 Å². The van der Waals surface area contributed by atoms with E-state index in [-0.39, 0.29) is 25.4 Å². The average molecular weight is 508 g/mol. The van der Waals surface area contributed by atoms with Crippen LogP contribution in [0, 0.1) is 6.92 Å². The van der Waals surface area contributed by atoms with Crippen molar-refractivity contribution in [2.45, 2.75) is 57.1 Å². The van der Waals surface area contributed by atoms with E-state index in [1.807, 2.05) is 60.7 Å². The van der Waals surface area contributed by atoms with Crippen molar-refractivity contribution in [2.75, 3.05) is 6.61 Å². The van der Waals surface area contributed by atoms with E-state index in [0.717, 1.165) is 15.7 Å². The number of hydrogen-bond acceptors (Lipinski definition) is 7. The van der Waals surface area contributed by atoms with E-state index in [0.29, 0.717) is 0 Å². The SMILES string of the molecule is Cc1cn([C@@H]2O[C@@](COCc3ccccc3)(C(C)N=[N+]=[N-])[C@@H](OCc3ccccc3)[C@H]2O)c(=O)[nH]c1=O. The van der Waals surface area contributed by atoms with Gasteiger partial charge >= 0.3 is 5.69 Å². The van der Waals surface area contributed by atoms with Gasteiger partial charge in [0, 0.05) is 16.7 Å². The maximum absolute atomic E-state index is 12.7. The fourth-order valence-corrected chi connectivity index (χ4v) is 4.45. The number of aliphatic hydroxyl groups excluding tert-OH is 1. The molecule has 1 aromatic heterocycles. The Hall–Kier alpha value is -3.73. The van der Waals surface area contributed by atoms with Crippen LogP contribution in [0.4, 0.5) is 0 Å². The van der Waals surface area contributed by atoms with Gasteiger partial charge in [0.25, 0.3) is 5.56 Å². The fraction of sp³-hybridized carbons (Fsp3) is 0.385. The molecule has 4 rings (SSSR count). The second-order valence-electron chi connectivity index (χ2n) is 9.01. The van der Waals surface area contributed by atoms with Crippen LogP contribution in [0.15, 0.2) is 81.6 Å². The average Bonchev–Trinajstić information content (AvgIpc) is 3.18. The largest absolute Gasteiger partial charge is 0.386 e. The van der Waals surface area contributed by atoms with Gasteiger partial charge in [-0.2, -0.15) is 0 Å². The van der Waals surface area contributed by atoms with Gasteiger partial charge in [-0.25, -0.2) is 4.79 Å². The molecular weight excluding hydrogens is 478 g/mol. The molecule has 1 aliphatic heterocycles. The first kappa shape index (κ1) is 26.3. The lowest BCUT2D eigenvalue weighted by molar-refractivity contribution is -0.166. The lowest BCUT2D eigenvalue weighted by Gasteiger charge is -2.37. The number of aromatic nitrogens is 2. The van der Waals surface area contributed by atoms with Crippen LogP contribution < -0.4 is 11.2 Å². The molecule has 1 saturated heterocycles. The quantitative estimate of drug-likeness (QED) is 0.245. The van der Waals surface area contributed by atoms with E-state index in [2.05, 4.69) is 15.0 Å². The first-order chi connectivity index (χ1) is 17.9. The van der Waals surface area contributed by atoms with Crippen LogP contribution in [-0.2, 0) is 27.4 Å². The van der Waals surface area contributed by atoms with Crippen molar-refractivity contribution in [3.05, 3.63) is 115 Å². The van der Waals surface area contributed by atoms with E-state index >= 15 is 0 Å². The normalized spacial score (nSPS) is 23.9. The lowest BCUT2D eigenvalue weighted by atomic mass is 9.89. The van der Waals surface area contributed by atoms with E-state index < -0.39 is 41.3 Å². The Morgan fingerprint density at radius 1 is 1.14 bits per heavy atom. The molecular formula is C26H29N5O6. The smallest absolute Gasteiger partial charge is 0.330 e. The zero-order chi connectivity index (χ0) is 26.4. The minimum atomic E-state index is -1.46. The Balaban J connectivity index is 1.72. The molecule has 11 nitrogen and oxygen atoms in total. The van der Waals surface area contributed by atoms with Crippen molar-refractivity contribution >= 4 is 0 Å². The van der Waals surface area contributed by atoms with E-state index in [4.69, 9.17) is 14.2 Å². The third kappa shape index (κ3) is 5.66. The molecule has 194 valence electrons. The Morgan fingerprint density at radius 2 is 1.76 bits per heavy atom. The zero-order valence-corrected chi connectivity index (χ0v) is 20.6. The number of aliphatic hydroxyl groups is 1. The molecule has 2 aromatic carbocycles.